The molecule has 2 N–H and O–H groups in total. The molecule has 14 heavy (non-hydrogen) atoms. The zero-order chi connectivity index (χ0) is 10.2. The zero-order valence-electron chi connectivity index (χ0n) is 7.56. The first kappa shape index (κ1) is 9.90. The van der Waals surface area contributed by atoms with E-state index in [1.165, 1.54) is 12.1 Å². The molecular weight excluding hydrogens is 205 g/mol. The van der Waals surface area contributed by atoms with Crippen molar-refractivity contribution in [2.24, 2.45) is 0 Å². The summed E-state index contributed by atoms with van der Waals surface area (Å²) in [6.07, 6.45) is 0.609. The van der Waals surface area contributed by atoms with Crippen LogP contribution in [0.1, 0.15) is 12.0 Å². The first-order valence-corrected chi connectivity index (χ1v) is 4.88. The van der Waals surface area contributed by atoms with Gasteiger partial charge in [-0.05, 0) is 25.1 Å². The maximum absolute atomic E-state index is 12.8. The van der Waals surface area contributed by atoms with Crippen LogP contribution in [0.5, 0.6) is 0 Å². The van der Waals surface area contributed by atoms with Crippen LogP contribution < -0.4 is 5.32 Å². The third kappa shape index (κ3) is 1.63. The number of hydrogen-bond acceptors (Lipinski definition) is 2. The van der Waals surface area contributed by atoms with Crippen molar-refractivity contribution in [1.82, 2.24) is 5.32 Å². The lowest BCUT2D eigenvalue weighted by molar-refractivity contribution is 0.0588. The topological polar surface area (TPSA) is 32.3 Å². The van der Waals surface area contributed by atoms with Gasteiger partial charge in [-0.15, -0.1) is 0 Å². The Balaban J connectivity index is 2.40. The third-order valence-electron chi connectivity index (χ3n) is 2.57. The molecule has 0 amide bonds. The van der Waals surface area contributed by atoms with Gasteiger partial charge in [0.15, 0.2) is 0 Å². The Morgan fingerprint density at radius 2 is 2.29 bits per heavy atom. The molecular formula is C10H11ClFNO. The van der Waals surface area contributed by atoms with Gasteiger partial charge in [0, 0.05) is 17.1 Å². The second kappa shape index (κ2) is 3.50. The highest BCUT2D eigenvalue weighted by atomic mass is 35.5. The molecule has 1 aromatic carbocycles. The predicted molar refractivity (Wildman–Crippen MR) is 52.8 cm³/mol. The van der Waals surface area contributed by atoms with Crippen LogP contribution in [0, 0.1) is 5.82 Å². The monoisotopic (exact) mass is 215 g/mol. The van der Waals surface area contributed by atoms with E-state index in [2.05, 4.69) is 5.32 Å². The lowest BCUT2D eigenvalue weighted by Crippen LogP contribution is -2.28. The van der Waals surface area contributed by atoms with Crippen molar-refractivity contribution >= 4 is 11.6 Å². The normalized spacial score (nSPS) is 26.8. The largest absolute Gasteiger partial charge is 0.384 e. The average molecular weight is 216 g/mol. The fourth-order valence-corrected chi connectivity index (χ4v) is 2.12. The molecule has 1 aliphatic heterocycles. The molecule has 1 aromatic rings. The molecule has 4 heteroatoms. The first-order chi connectivity index (χ1) is 6.62. The van der Waals surface area contributed by atoms with Gasteiger partial charge in [0.25, 0.3) is 0 Å². The Morgan fingerprint density at radius 1 is 1.50 bits per heavy atom. The van der Waals surface area contributed by atoms with Crippen LogP contribution in [0.2, 0.25) is 5.02 Å². The second-order valence-electron chi connectivity index (χ2n) is 3.58. The van der Waals surface area contributed by atoms with Crippen LogP contribution in [0.15, 0.2) is 18.2 Å². The summed E-state index contributed by atoms with van der Waals surface area (Å²) in [4.78, 5) is 0. The summed E-state index contributed by atoms with van der Waals surface area (Å²) in [5.41, 5.74) is -0.337. The van der Waals surface area contributed by atoms with Gasteiger partial charge in [0.05, 0.1) is 0 Å². The molecule has 0 saturated carbocycles. The van der Waals surface area contributed by atoms with Crippen LogP contribution in [0.25, 0.3) is 0 Å². The van der Waals surface area contributed by atoms with Gasteiger partial charge in [-0.2, -0.15) is 0 Å². The van der Waals surface area contributed by atoms with Crippen molar-refractivity contribution in [3.05, 3.63) is 34.6 Å². The summed E-state index contributed by atoms with van der Waals surface area (Å²) in [6, 6.07) is 4.09. The van der Waals surface area contributed by atoms with Crippen molar-refractivity contribution in [3.63, 3.8) is 0 Å². The molecule has 0 bridgehead atoms. The molecule has 0 radical (unpaired) electrons. The van der Waals surface area contributed by atoms with Gasteiger partial charge in [-0.25, -0.2) is 4.39 Å². The minimum atomic E-state index is -0.940. The van der Waals surface area contributed by atoms with Crippen molar-refractivity contribution < 1.29 is 9.50 Å². The van der Waals surface area contributed by atoms with Gasteiger partial charge in [0.2, 0.25) is 0 Å². The Kier molecular flexibility index (Phi) is 2.47. The number of rotatable bonds is 1. The molecule has 1 aliphatic rings. The van der Waals surface area contributed by atoms with Crippen LogP contribution in [0.4, 0.5) is 4.39 Å². The molecule has 0 spiro atoms. The van der Waals surface area contributed by atoms with E-state index in [1.807, 2.05) is 0 Å². The van der Waals surface area contributed by atoms with Gasteiger partial charge in [0.1, 0.15) is 11.4 Å². The minimum Gasteiger partial charge on any atom is -0.384 e. The van der Waals surface area contributed by atoms with Gasteiger partial charge < -0.3 is 10.4 Å². The smallest absolute Gasteiger partial charge is 0.124 e. The Hall–Kier alpha value is -0.640. The fraction of sp³-hybridized carbons (Fsp3) is 0.400. The lowest BCUT2D eigenvalue weighted by atomic mass is 9.93. The van der Waals surface area contributed by atoms with E-state index in [9.17, 15) is 9.50 Å². The number of nitrogens with one attached hydrogen (secondary N) is 1. The second-order valence-corrected chi connectivity index (χ2v) is 3.99. The van der Waals surface area contributed by atoms with Crippen molar-refractivity contribution in [3.8, 4) is 0 Å². The van der Waals surface area contributed by atoms with Crippen LogP contribution in [0.3, 0.4) is 0 Å². The van der Waals surface area contributed by atoms with Crippen LogP contribution in [-0.2, 0) is 5.60 Å². The Bertz CT molecular complexity index is 350. The van der Waals surface area contributed by atoms with E-state index in [0.717, 1.165) is 6.54 Å². The summed E-state index contributed by atoms with van der Waals surface area (Å²) >= 11 is 5.87. The molecule has 2 rings (SSSR count). The molecule has 1 atom stereocenters. The van der Waals surface area contributed by atoms with Crippen molar-refractivity contribution in [1.29, 1.82) is 0 Å². The van der Waals surface area contributed by atoms with Crippen LogP contribution >= 0.6 is 11.6 Å². The number of β-amino-alcohol motifs (C(OH)–C–C–N with tert-alkyl or cyclic N) is 1. The highest BCUT2D eigenvalue weighted by Gasteiger charge is 2.34. The molecule has 0 aliphatic carbocycles. The maximum atomic E-state index is 12.8. The number of benzene rings is 1. The molecule has 2 nitrogen and oxygen atoms in total. The summed E-state index contributed by atoms with van der Waals surface area (Å²) < 4.78 is 12.8. The SMILES string of the molecule is OC1(c2ccc(F)cc2Cl)CCNC1. The summed E-state index contributed by atoms with van der Waals surface area (Å²) in [6.45, 7) is 1.22. The highest BCUT2D eigenvalue weighted by Crippen LogP contribution is 2.33. The summed E-state index contributed by atoms with van der Waals surface area (Å²) in [7, 11) is 0. The van der Waals surface area contributed by atoms with E-state index >= 15 is 0 Å². The minimum absolute atomic E-state index is 0.288. The van der Waals surface area contributed by atoms with E-state index in [1.54, 1.807) is 6.07 Å². The average Bonchev–Trinajstić information content (AvgIpc) is 2.52. The van der Waals surface area contributed by atoms with Crippen molar-refractivity contribution in [2.75, 3.05) is 13.1 Å². The Morgan fingerprint density at radius 3 is 2.86 bits per heavy atom. The third-order valence-corrected chi connectivity index (χ3v) is 2.88. The molecule has 0 aromatic heterocycles. The number of halogens is 2. The summed E-state index contributed by atoms with van der Waals surface area (Å²) in [5, 5.41) is 13.5. The Labute approximate surface area is 86.7 Å². The lowest BCUT2D eigenvalue weighted by Gasteiger charge is -2.22. The standard InChI is InChI=1S/C10H11ClFNO/c11-9-5-7(12)1-2-8(9)10(14)3-4-13-6-10/h1-2,5,13-14H,3-4,6H2. The molecule has 1 heterocycles. The summed E-state index contributed by atoms with van der Waals surface area (Å²) in [5.74, 6) is -0.381. The van der Waals surface area contributed by atoms with E-state index in [4.69, 9.17) is 11.6 Å². The quantitative estimate of drug-likeness (QED) is 0.747. The number of hydrogen-bond donors (Lipinski definition) is 2. The van der Waals surface area contributed by atoms with E-state index < -0.39 is 5.60 Å². The highest BCUT2D eigenvalue weighted by molar-refractivity contribution is 6.31. The van der Waals surface area contributed by atoms with Crippen LogP contribution in [-0.4, -0.2) is 18.2 Å². The van der Waals surface area contributed by atoms with Crippen molar-refractivity contribution in [2.45, 2.75) is 12.0 Å². The predicted octanol–water partition coefficient (Wildman–Crippen LogP) is 1.66. The van der Waals surface area contributed by atoms with Gasteiger partial charge >= 0.3 is 0 Å². The fourth-order valence-electron chi connectivity index (χ4n) is 1.78. The van der Waals surface area contributed by atoms with Gasteiger partial charge in [-0.3, -0.25) is 0 Å². The van der Waals surface area contributed by atoms with E-state index in [-0.39, 0.29) is 10.8 Å². The zero-order valence-corrected chi connectivity index (χ0v) is 8.31. The van der Waals surface area contributed by atoms with E-state index in [0.29, 0.717) is 18.5 Å². The molecule has 1 saturated heterocycles. The molecule has 1 unspecified atom stereocenters. The molecule has 1 fully saturated rings. The van der Waals surface area contributed by atoms with Gasteiger partial charge in [-0.1, -0.05) is 17.7 Å². The molecule has 76 valence electrons. The number of aliphatic hydroxyl groups is 1. The first-order valence-electron chi connectivity index (χ1n) is 4.50. The maximum Gasteiger partial charge on any atom is 0.124 e.